The standard InChI is InChI=1S/C11H12FN3O/c1-14-11(16)9-8(6-13-14)15-5-3-2-4-7(15)10(9)12/h6H,2-5H2,1H3. The fourth-order valence-electron chi connectivity index (χ4n) is 2.41. The minimum absolute atomic E-state index is 0.189. The molecule has 0 aromatic carbocycles. The molecule has 2 aromatic heterocycles. The second kappa shape index (κ2) is 3.17. The second-order valence-corrected chi connectivity index (χ2v) is 4.20. The Morgan fingerprint density at radius 3 is 3.06 bits per heavy atom. The molecule has 1 aliphatic rings. The molecule has 3 heterocycles. The Labute approximate surface area is 91.3 Å². The van der Waals surface area contributed by atoms with Crippen LogP contribution in [0.4, 0.5) is 4.39 Å². The van der Waals surface area contributed by atoms with Gasteiger partial charge in [0.15, 0.2) is 5.82 Å². The highest BCUT2D eigenvalue weighted by molar-refractivity contribution is 5.80. The fourth-order valence-corrected chi connectivity index (χ4v) is 2.41. The summed E-state index contributed by atoms with van der Waals surface area (Å²) < 4.78 is 17.2. The quantitative estimate of drug-likeness (QED) is 0.670. The van der Waals surface area contributed by atoms with Crippen LogP contribution >= 0.6 is 0 Å². The Morgan fingerprint density at radius 1 is 1.44 bits per heavy atom. The highest BCUT2D eigenvalue weighted by Gasteiger charge is 2.22. The Kier molecular flexibility index (Phi) is 1.89. The third-order valence-corrected chi connectivity index (χ3v) is 3.25. The van der Waals surface area contributed by atoms with Gasteiger partial charge in [0.1, 0.15) is 5.39 Å². The van der Waals surface area contributed by atoms with Gasteiger partial charge in [0.05, 0.1) is 17.4 Å². The molecule has 2 aromatic rings. The molecule has 0 saturated heterocycles. The van der Waals surface area contributed by atoms with Crippen molar-refractivity contribution >= 4 is 10.9 Å². The van der Waals surface area contributed by atoms with E-state index in [1.165, 1.54) is 11.7 Å². The van der Waals surface area contributed by atoms with Gasteiger partial charge < -0.3 is 4.57 Å². The van der Waals surface area contributed by atoms with Gasteiger partial charge in [-0.3, -0.25) is 4.79 Å². The van der Waals surface area contributed by atoms with Gasteiger partial charge >= 0.3 is 0 Å². The van der Waals surface area contributed by atoms with Gasteiger partial charge in [0.25, 0.3) is 5.56 Å². The van der Waals surface area contributed by atoms with E-state index in [4.69, 9.17) is 0 Å². The van der Waals surface area contributed by atoms with Crippen molar-refractivity contribution in [3.8, 4) is 0 Å². The fraction of sp³-hybridized carbons (Fsp3) is 0.455. The Hall–Kier alpha value is -1.65. The lowest BCUT2D eigenvalue weighted by Crippen LogP contribution is -2.19. The summed E-state index contributed by atoms with van der Waals surface area (Å²) in [5.41, 5.74) is 0.943. The third kappa shape index (κ3) is 1.08. The van der Waals surface area contributed by atoms with Crippen LogP contribution in [0.3, 0.4) is 0 Å². The number of aromatic nitrogens is 3. The predicted molar refractivity (Wildman–Crippen MR) is 57.9 cm³/mol. The summed E-state index contributed by atoms with van der Waals surface area (Å²) in [5, 5.41) is 4.13. The minimum Gasteiger partial charge on any atom is -0.340 e. The first-order valence-electron chi connectivity index (χ1n) is 5.43. The lowest BCUT2D eigenvalue weighted by molar-refractivity contribution is 0.509. The average molecular weight is 221 g/mol. The molecule has 4 nitrogen and oxygen atoms in total. The van der Waals surface area contributed by atoms with E-state index in [2.05, 4.69) is 5.10 Å². The Balaban J connectivity index is 2.49. The van der Waals surface area contributed by atoms with Gasteiger partial charge in [0.2, 0.25) is 0 Å². The summed E-state index contributed by atoms with van der Waals surface area (Å²) in [6, 6.07) is 0. The number of hydrogen-bond acceptors (Lipinski definition) is 2. The molecule has 0 aliphatic carbocycles. The van der Waals surface area contributed by atoms with Crippen molar-refractivity contribution in [2.75, 3.05) is 0 Å². The third-order valence-electron chi connectivity index (χ3n) is 3.25. The number of hydrogen-bond donors (Lipinski definition) is 0. The summed E-state index contributed by atoms with van der Waals surface area (Å²) in [6.45, 7) is 0.782. The van der Waals surface area contributed by atoms with Gasteiger partial charge in [-0.1, -0.05) is 0 Å². The molecule has 3 rings (SSSR count). The van der Waals surface area contributed by atoms with E-state index in [0.717, 1.165) is 19.4 Å². The zero-order valence-electron chi connectivity index (χ0n) is 9.03. The van der Waals surface area contributed by atoms with Gasteiger partial charge in [0, 0.05) is 13.6 Å². The molecule has 0 spiro atoms. The molecule has 0 radical (unpaired) electrons. The summed E-state index contributed by atoms with van der Waals surface area (Å²) in [4.78, 5) is 11.8. The largest absolute Gasteiger partial charge is 0.340 e. The topological polar surface area (TPSA) is 39.8 Å². The van der Waals surface area contributed by atoms with Gasteiger partial charge in [-0.05, 0) is 19.3 Å². The predicted octanol–water partition coefficient (Wildman–Crippen LogP) is 1.21. The van der Waals surface area contributed by atoms with Crippen molar-refractivity contribution in [2.24, 2.45) is 7.05 Å². The second-order valence-electron chi connectivity index (χ2n) is 4.20. The van der Waals surface area contributed by atoms with E-state index in [9.17, 15) is 9.18 Å². The average Bonchev–Trinajstić information content (AvgIpc) is 2.59. The number of aryl methyl sites for hydroxylation is 2. The van der Waals surface area contributed by atoms with Crippen molar-refractivity contribution < 1.29 is 4.39 Å². The highest BCUT2D eigenvalue weighted by atomic mass is 19.1. The molecule has 5 heteroatoms. The molecule has 0 fully saturated rings. The zero-order chi connectivity index (χ0) is 11.3. The molecule has 1 aliphatic heterocycles. The molecule has 16 heavy (non-hydrogen) atoms. The van der Waals surface area contributed by atoms with Crippen LogP contribution in [0.2, 0.25) is 0 Å². The number of rotatable bonds is 0. The van der Waals surface area contributed by atoms with Crippen molar-refractivity contribution in [3.63, 3.8) is 0 Å². The normalized spacial score (nSPS) is 15.4. The van der Waals surface area contributed by atoms with E-state index in [1.54, 1.807) is 6.20 Å². The molecule has 0 saturated carbocycles. The summed E-state index contributed by atoms with van der Waals surface area (Å²) >= 11 is 0. The van der Waals surface area contributed by atoms with E-state index in [1.807, 2.05) is 4.57 Å². The van der Waals surface area contributed by atoms with E-state index < -0.39 is 0 Å². The maximum absolute atomic E-state index is 14.1. The minimum atomic E-state index is -0.350. The molecular weight excluding hydrogens is 209 g/mol. The summed E-state index contributed by atoms with van der Waals surface area (Å²) in [7, 11) is 1.54. The molecule has 0 atom stereocenters. The van der Waals surface area contributed by atoms with Crippen LogP contribution in [-0.4, -0.2) is 14.3 Å². The van der Waals surface area contributed by atoms with E-state index in [0.29, 0.717) is 17.6 Å². The smallest absolute Gasteiger partial charge is 0.278 e. The van der Waals surface area contributed by atoms with Crippen LogP contribution in [0.1, 0.15) is 18.5 Å². The lowest BCUT2D eigenvalue weighted by Gasteiger charge is -2.15. The molecule has 84 valence electrons. The summed E-state index contributed by atoms with van der Waals surface area (Å²) in [5.74, 6) is -0.349. The number of fused-ring (bicyclic) bond motifs is 3. The molecular formula is C11H12FN3O. The summed E-state index contributed by atoms with van der Waals surface area (Å²) in [6.07, 6.45) is 4.31. The van der Waals surface area contributed by atoms with Crippen LogP contribution in [0.15, 0.2) is 11.0 Å². The number of nitrogens with zero attached hydrogens (tertiary/aromatic N) is 3. The number of halogens is 1. The molecule has 0 amide bonds. The maximum atomic E-state index is 14.1. The Morgan fingerprint density at radius 2 is 2.25 bits per heavy atom. The monoisotopic (exact) mass is 221 g/mol. The Bertz CT molecular complexity index is 626. The van der Waals surface area contributed by atoms with Crippen LogP contribution in [0.5, 0.6) is 0 Å². The van der Waals surface area contributed by atoms with Crippen LogP contribution in [0.25, 0.3) is 10.9 Å². The van der Waals surface area contributed by atoms with Gasteiger partial charge in [-0.2, -0.15) is 5.10 Å². The van der Waals surface area contributed by atoms with Gasteiger partial charge in [-0.15, -0.1) is 0 Å². The first-order valence-corrected chi connectivity index (χ1v) is 5.43. The van der Waals surface area contributed by atoms with Crippen LogP contribution < -0.4 is 5.56 Å². The zero-order valence-corrected chi connectivity index (χ0v) is 9.03. The first-order chi connectivity index (χ1) is 7.70. The highest BCUT2D eigenvalue weighted by Crippen LogP contribution is 2.26. The molecule has 0 N–H and O–H groups in total. The van der Waals surface area contributed by atoms with Crippen molar-refractivity contribution in [2.45, 2.75) is 25.8 Å². The first kappa shape index (κ1) is 9.57. The SMILES string of the molecule is Cn1ncc2c(c(F)c3n2CCCC3)c1=O. The van der Waals surface area contributed by atoms with Crippen LogP contribution in [-0.2, 0) is 20.0 Å². The van der Waals surface area contributed by atoms with Crippen molar-refractivity contribution in [3.05, 3.63) is 28.1 Å². The maximum Gasteiger partial charge on any atom is 0.278 e. The van der Waals surface area contributed by atoms with Crippen molar-refractivity contribution in [1.29, 1.82) is 0 Å². The van der Waals surface area contributed by atoms with E-state index >= 15 is 0 Å². The molecule has 0 unspecified atom stereocenters. The van der Waals surface area contributed by atoms with Gasteiger partial charge in [-0.25, -0.2) is 9.07 Å². The van der Waals surface area contributed by atoms with Crippen molar-refractivity contribution in [1.82, 2.24) is 14.3 Å². The molecule has 0 bridgehead atoms. The lowest BCUT2D eigenvalue weighted by atomic mass is 10.1. The van der Waals surface area contributed by atoms with E-state index in [-0.39, 0.29) is 16.8 Å². The van der Waals surface area contributed by atoms with Crippen LogP contribution in [0, 0.1) is 5.82 Å².